The quantitative estimate of drug-likeness (QED) is 0.468. The van der Waals surface area contributed by atoms with Crippen LogP contribution in [-0.4, -0.2) is 18.3 Å². The van der Waals surface area contributed by atoms with Gasteiger partial charge in [-0.2, -0.15) is 0 Å². The number of hydrogen-bond acceptors (Lipinski definition) is 1. The van der Waals surface area contributed by atoms with Crippen molar-refractivity contribution in [3.8, 4) is 0 Å². The molecule has 3 heteroatoms. The zero-order valence-electron chi connectivity index (χ0n) is 11.6. The van der Waals surface area contributed by atoms with E-state index in [0.29, 0.717) is 11.8 Å². The van der Waals surface area contributed by atoms with Crippen LogP contribution in [0.5, 0.6) is 0 Å². The van der Waals surface area contributed by atoms with E-state index in [-0.39, 0.29) is 11.8 Å². The van der Waals surface area contributed by atoms with Crippen LogP contribution in [-0.2, 0) is 4.79 Å². The van der Waals surface area contributed by atoms with Crippen molar-refractivity contribution in [3.05, 3.63) is 0 Å². The molecular weight excluding hydrogens is 234 g/mol. The molecule has 0 fully saturated rings. The van der Waals surface area contributed by atoms with Gasteiger partial charge in [0, 0.05) is 18.3 Å². The maximum Gasteiger partial charge on any atom is 0.223 e. The van der Waals surface area contributed by atoms with Crippen molar-refractivity contribution in [2.24, 2.45) is 11.8 Å². The van der Waals surface area contributed by atoms with E-state index < -0.39 is 0 Å². The lowest BCUT2D eigenvalue weighted by molar-refractivity contribution is -0.125. The molecule has 0 rings (SSSR count). The number of carbonyl (C=O) groups excluding carboxylic acids is 1. The Balaban J connectivity index is 3.67. The van der Waals surface area contributed by atoms with Crippen LogP contribution in [0.25, 0.3) is 0 Å². The maximum absolute atomic E-state index is 11.9. The molecule has 0 radical (unpaired) electrons. The number of hydrogen-bond donors (Lipinski definition) is 1. The number of carbonyl (C=O) groups is 1. The molecule has 0 saturated heterocycles. The number of nitrogens with one attached hydrogen (secondary N) is 1. The van der Waals surface area contributed by atoms with Crippen molar-refractivity contribution in [3.63, 3.8) is 0 Å². The minimum atomic E-state index is 0.209. The Kier molecular flexibility index (Phi) is 10.7. The smallest absolute Gasteiger partial charge is 0.223 e. The lowest BCUT2D eigenvalue weighted by Gasteiger charge is -2.15. The minimum Gasteiger partial charge on any atom is -0.356 e. The lowest BCUT2D eigenvalue weighted by atomic mass is 9.98. The fraction of sp³-hybridized carbons (Fsp3) is 0.929. The molecule has 1 N–H and O–H groups in total. The first kappa shape index (κ1) is 16.8. The molecule has 0 bridgehead atoms. The third-order valence-electron chi connectivity index (χ3n) is 3.21. The molecule has 2 nitrogen and oxygen atoms in total. The fourth-order valence-electron chi connectivity index (χ4n) is 1.85. The second-order valence-corrected chi connectivity index (χ2v) is 5.25. The van der Waals surface area contributed by atoms with Crippen molar-refractivity contribution in [1.82, 2.24) is 5.32 Å². The first-order chi connectivity index (χ1) is 8.15. The summed E-state index contributed by atoms with van der Waals surface area (Å²) < 4.78 is 0. The molecule has 0 aromatic rings. The van der Waals surface area contributed by atoms with Crippen LogP contribution in [0.15, 0.2) is 0 Å². The number of unbranched alkanes of at least 4 members (excludes halogenated alkanes) is 1. The van der Waals surface area contributed by atoms with E-state index in [2.05, 4.69) is 26.1 Å². The van der Waals surface area contributed by atoms with Crippen LogP contribution in [0.4, 0.5) is 0 Å². The van der Waals surface area contributed by atoms with Crippen LogP contribution in [0.1, 0.15) is 59.3 Å². The number of rotatable bonds is 10. The Hall–Kier alpha value is -0.240. The molecule has 0 heterocycles. The summed E-state index contributed by atoms with van der Waals surface area (Å²) >= 11 is 5.74. The number of alkyl halides is 1. The van der Waals surface area contributed by atoms with Crippen LogP contribution in [0.2, 0.25) is 0 Å². The highest BCUT2D eigenvalue weighted by Gasteiger charge is 2.14. The lowest BCUT2D eigenvalue weighted by Crippen LogP contribution is -2.31. The largest absolute Gasteiger partial charge is 0.356 e. The van der Waals surface area contributed by atoms with Gasteiger partial charge in [0.1, 0.15) is 0 Å². The summed E-state index contributed by atoms with van der Waals surface area (Å²) in [5.74, 6) is 1.71. The average molecular weight is 262 g/mol. The Morgan fingerprint density at radius 3 is 2.47 bits per heavy atom. The normalized spacial score (nSPS) is 14.4. The fourth-order valence-corrected chi connectivity index (χ4v) is 2.01. The Bertz CT molecular complexity index is 197. The van der Waals surface area contributed by atoms with Gasteiger partial charge in [-0.05, 0) is 31.6 Å². The molecule has 0 aliphatic rings. The molecule has 0 aromatic heterocycles. The van der Waals surface area contributed by atoms with Gasteiger partial charge in [0.25, 0.3) is 0 Å². The third kappa shape index (κ3) is 8.48. The van der Waals surface area contributed by atoms with Gasteiger partial charge in [0.2, 0.25) is 5.91 Å². The Morgan fingerprint density at radius 1 is 1.24 bits per heavy atom. The zero-order valence-corrected chi connectivity index (χ0v) is 12.4. The molecule has 0 aliphatic carbocycles. The van der Waals surface area contributed by atoms with E-state index in [9.17, 15) is 4.79 Å². The van der Waals surface area contributed by atoms with E-state index in [1.807, 2.05) is 0 Å². The van der Waals surface area contributed by atoms with E-state index in [0.717, 1.165) is 45.1 Å². The molecule has 0 aromatic carbocycles. The average Bonchev–Trinajstić information content (AvgIpc) is 2.35. The van der Waals surface area contributed by atoms with Gasteiger partial charge in [0.15, 0.2) is 0 Å². The van der Waals surface area contributed by atoms with Gasteiger partial charge in [-0.1, -0.05) is 33.6 Å². The molecule has 102 valence electrons. The summed E-state index contributed by atoms with van der Waals surface area (Å²) in [6.07, 6.45) is 6.41. The van der Waals surface area contributed by atoms with E-state index >= 15 is 0 Å². The summed E-state index contributed by atoms with van der Waals surface area (Å²) in [7, 11) is 0. The first-order valence-corrected chi connectivity index (χ1v) is 7.52. The molecule has 0 saturated carbocycles. The molecule has 0 aliphatic heterocycles. The minimum absolute atomic E-state index is 0.209. The monoisotopic (exact) mass is 261 g/mol. The van der Waals surface area contributed by atoms with Crippen LogP contribution in [0, 0.1) is 11.8 Å². The van der Waals surface area contributed by atoms with Gasteiger partial charge in [0.05, 0.1) is 0 Å². The maximum atomic E-state index is 11.9. The second-order valence-electron chi connectivity index (χ2n) is 4.94. The van der Waals surface area contributed by atoms with Crippen molar-refractivity contribution >= 4 is 17.5 Å². The van der Waals surface area contributed by atoms with Gasteiger partial charge in [-0.3, -0.25) is 4.79 Å². The van der Waals surface area contributed by atoms with Crippen molar-refractivity contribution < 1.29 is 4.79 Å². The number of halogens is 1. The molecular formula is C14H28ClNO. The van der Waals surface area contributed by atoms with Crippen molar-refractivity contribution in [2.75, 3.05) is 12.4 Å². The molecule has 2 unspecified atom stereocenters. The summed E-state index contributed by atoms with van der Waals surface area (Å²) in [6, 6.07) is 0. The summed E-state index contributed by atoms with van der Waals surface area (Å²) in [5.41, 5.74) is 0. The van der Waals surface area contributed by atoms with Crippen LogP contribution in [0.3, 0.4) is 0 Å². The predicted octanol–water partition coefficient (Wildman–Crippen LogP) is 3.97. The van der Waals surface area contributed by atoms with E-state index in [1.165, 1.54) is 0 Å². The standard InChI is InChI=1S/C14H28ClNO/c1-4-6-9-13(5-2)14(17)16-10-7-8-12(3)11-15/h12-13H,4-11H2,1-3H3,(H,16,17). The van der Waals surface area contributed by atoms with E-state index in [1.54, 1.807) is 0 Å². The van der Waals surface area contributed by atoms with Crippen LogP contribution >= 0.6 is 11.6 Å². The van der Waals surface area contributed by atoms with Gasteiger partial charge in [-0.25, -0.2) is 0 Å². The Labute approximate surface area is 111 Å². The molecule has 1 amide bonds. The number of amides is 1. The van der Waals surface area contributed by atoms with E-state index in [4.69, 9.17) is 11.6 Å². The Morgan fingerprint density at radius 2 is 1.94 bits per heavy atom. The summed E-state index contributed by atoms with van der Waals surface area (Å²) in [4.78, 5) is 11.9. The molecule has 0 spiro atoms. The summed E-state index contributed by atoms with van der Waals surface area (Å²) in [5, 5.41) is 3.04. The molecule has 2 atom stereocenters. The molecule has 17 heavy (non-hydrogen) atoms. The first-order valence-electron chi connectivity index (χ1n) is 6.99. The highest BCUT2D eigenvalue weighted by Crippen LogP contribution is 2.12. The second kappa shape index (κ2) is 10.9. The SMILES string of the molecule is CCCCC(CC)C(=O)NCCCC(C)CCl. The van der Waals surface area contributed by atoms with Crippen molar-refractivity contribution in [2.45, 2.75) is 59.3 Å². The van der Waals surface area contributed by atoms with Crippen molar-refractivity contribution in [1.29, 1.82) is 0 Å². The third-order valence-corrected chi connectivity index (χ3v) is 3.73. The van der Waals surface area contributed by atoms with Crippen LogP contribution < -0.4 is 5.32 Å². The van der Waals surface area contributed by atoms with Gasteiger partial charge in [-0.15, -0.1) is 11.6 Å². The highest BCUT2D eigenvalue weighted by molar-refractivity contribution is 6.18. The summed E-state index contributed by atoms with van der Waals surface area (Å²) in [6.45, 7) is 7.20. The highest BCUT2D eigenvalue weighted by atomic mass is 35.5. The van der Waals surface area contributed by atoms with Gasteiger partial charge >= 0.3 is 0 Å². The van der Waals surface area contributed by atoms with Gasteiger partial charge < -0.3 is 5.32 Å². The predicted molar refractivity (Wildman–Crippen MR) is 75.4 cm³/mol. The topological polar surface area (TPSA) is 29.1 Å². The zero-order chi connectivity index (χ0) is 13.1.